The van der Waals surface area contributed by atoms with E-state index >= 15 is 0 Å². The van der Waals surface area contributed by atoms with Gasteiger partial charge in [-0.3, -0.25) is 19.8 Å². The van der Waals surface area contributed by atoms with Gasteiger partial charge in [-0.25, -0.2) is 24.6 Å². The van der Waals surface area contributed by atoms with Crippen LogP contribution < -0.4 is 21.1 Å². The number of para-hydroxylation sites is 1. The predicted octanol–water partition coefficient (Wildman–Crippen LogP) is 3.71. The van der Waals surface area contributed by atoms with Crippen LogP contribution in [0.5, 0.6) is 11.5 Å². The van der Waals surface area contributed by atoms with Crippen molar-refractivity contribution >= 4 is 34.6 Å². The molecule has 13 heteroatoms. The fraction of sp³-hybridized carbons (Fsp3) is 0.281. The molecule has 0 radical (unpaired) electrons. The molecule has 2 amide bonds. The number of nitrogens with two attached hydrogens (primary N) is 1. The summed E-state index contributed by atoms with van der Waals surface area (Å²) in [6, 6.07) is 17.1. The molecule has 0 spiro atoms. The largest absolute Gasteiger partial charge is 0.457 e. The monoisotopic (exact) mass is 604 g/mol. The summed E-state index contributed by atoms with van der Waals surface area (Å²) in [4.78, 5) is 43.4. The molecule has 5 aromatic rings. The minimum atomic E-state index is -0.514. The number of likely N-dealkylation sites (tertiary alicyclic amines) is 1. The maximum absolute atomic E-state index is 12.0. The van der Waals surface area contributed by atoms with Gasteiger partial charge in [-0.1, -0.05) is 18.2 Å². The minimum absolute atomic E-state index is 0.156. The molecular formula is C32H32N10O3. The highest BCUT2D eigenvalue weighted by Crippen LogP contribution is 2.35. The first kappa shape index (κ1) is 28.3. The molecule has 3 aromatic heterocycles. The Morgan fingerprint density at radius 2 is 1.64 bits per heavy atom. The van der Waals surface area contributed by atoms with Crippen LogP contribution in [0.1, 0.15) is 37.3 Å². The van der Waals surface area contributed by atoms with Crippen LogP contribution in [-0.4, -0.2) is 65.6 Å². The van der Waals surface area contributed by atoms with E-state index in [1.54, 1.807) is 12.4 Å². The molecule has 0 aliphatic carbocycles. The van der Waals surface area contributed by atoms with E-state index in [4.69, 9.17) is 15.6 Å². The van der Waals surface area contributed by atoms with E-state index in [9.17, 15) is 9.59 Å². The highest BCUT2D eigenvalue weighted by Gasteiger charge is 2.28. The lowest BCUT2D eigenvalue weighted by atomic mass is 10.0. The van der Waals surface area contributed by atoms with Crippen molar-refractivity contribution in [3.8, 4) is 22.8 Å². The number of benzene rings is 2. The lowest BCUT2D eigenvalue weighted by Crippen LogP contribution is -2.47. The van der Waals surface area contributed by atoms with Crippen LogP contribution >= 0.6 is 0 Å². The van der Waals surface area contributed by atoms with E-state index in [-0.39, 0.29) is 17.9 Å². The molecule has 2 aromatic carbocycles. The molecule has 2 saturated heterocycles. The number of rotatable bonds is 8. The Morgan fingerprint density at radius 3 is 2.38 bits per heavy atom. The third kappa shape index (κ3) is 6.15. The van der Waals surface area contributed by atoms with E-state index < -0.39 is 6.04 Å². The van der Waals surface area contributed by atoms with E-state index in [0.717, 1.165) is 65.3 Å². The zero-order valence-electron chi connectivity index (χ0n) is 24.5. The van der Waals surface area contributed by atoms with E-state index in [0.29, 0.717) is 31.2 Å². The Balaban J connectivity index is 1.01. The quantitative estimate of drug-likeness (QED) is 0.221. The van der Waals surface area contributed by atoms with Gasteiger partial charge >= 0.3 is 0 Å². The van der Waals surface area contributed by atoms with E-state index in [1.165, 1.54) is 6.33 Å². The van der Waals surface area contributed by atoms with Crippen molar-refractivity contribution in [2.75, 3.05) is 24.1 Å². The number of anilines is 2. The molecule has 0 saturated carbocycles. The summed E-state index contributed by atoms with van der Waals surface area (Å²) in [7, 11) is 0. The second-order valence-electron chi connectivity index (χ2n) is 11.3. The highest BCUT2D eigenvalue weighted by molar-refractivity contribution is 6.01. The molecule has 0 bridgehead atoms. The molecule has 2 fully saturated rings. The van der Waals surface area contributed by atoms with Gasteiger partial charge < -0.3 is 15.8 Å². The first-order chi connectivity index (χ1) is 22.0. The molecule has 4 N–H and O–H groups in total. The Labute approximate surface area is 258 Å². The van der Waals surface area contributed by atoms with Gasteiger partial charge in [0.25, 0.3) is 0 Å². The lowest BCUT2D eigenvalue weighted by Gasteiger charge is -2.32. The molecule has 228 valence electrons. The maximum atomic E-state index is 12.0. The van der Waals surface area contributed by atoms with Gasteiger partial charge in [-0.2, -0.15) is 5.10 Å². The number of piperidine rings is 2. The Hall–Kier alpha value is -5.43. The Bertz CT molecular complexity index is 1820. The van der Waals surface area contributed by atoms with Crippen LogP contribution in [-0.2, 0) is 16.1 Å². The molecule has 45 heavy (non-hydrogen) atoms. The van der Waals surface area contributed by atoms with Crippen molar-refractivity contribution in [3.05, 3.63) is 78.9 Å². The van der Waals surface area contributed by atoms with Gasteiger partial charge in [0.1, 0.15) is 35.4 Å². The van der Waals surface area contributed by atoms with Crippen molar-refractivity contribution in [1.29, 1.82) is 0 Å². The normalized spacial score (nSPS) is 17.7. The predicted molar refractivity (Wildman–Crippen MR) is 167 cm³/mol. The summed E-state index contributed by atoms with van der Waals surface area (Å²) < 4.78 is 7.97. The number of carbonyl (C=O) groups is 2. The number of fused-ring (bicyclic) bond motifs is 1. The Morgan fingerprint density at radius 1 is 0.911 bits per heavy atom. The van der Waals surface area contributed by atoms with E-state index in [1.807, 2.05) is 59.3 Å². The molecule has 13 nitrogen and oxygen atoms in total. The van der Waals surface area contributed by atoms with Crippen LogP contribution in [0.25, 0.3) is 22.3 Å². The van der Waals surface area contributed by atoms with Gasteiger partial charge in [0, 0.05) is 49.6 Å². The average Bonchev–Trinajstić information content (AvgIpc) is 3.45. The summed E-state index contributed by atoms with van der Waals surface area (Å²) in [5.74, 6) is 1.68. The molecule has 1 unspecified atom stereocenters. The zero-order chi connectivity index (χ0) is 30.8. The lowest BCUT2D eigenvalue weighted by molar-refractivity contribution is -0.133. The first-order valence-electron chi connectivity index (χ1n) is 15.0. The number of nitrogen functional groups attached to an aromatic ring is 1. The topological polar surface area (TPSA) is 166 Å². The van der Waals surface area contributed by atoms with Gasteiger partial charge in [0.2, 0.25) is 17.8 Å². The van der Waals surface area contributed by atoms with Crippen LogP contribution in [0.15, 0.2) is 73.3 Å². The third-order valence-corrected chi connectivity index (χ3v) is 8.18. The number of imide groups is 1. The van der Waals surface area contributed by atoms with Gasteiger partial charge in [0.15, 0.2) is 5.65 Å². The molecule has 5 heterocycles. The second kappa shape index (κ2) is 12.3. The molecule has 2 aliphatic heterocycles. The number of ether oxygens (including phenoxy) is 1. The first-order valence-corrected chi connectivity index (χ1v) is 15.0. The fourth-order valence-corrected chi connectivity index (χ4v) is 5.84. The second-order valence-corrected chi connectivity index (χ2v) is 11.3. The zero-order valence-corrected chi connectivity index (χ0v) is 24.5. The van der Waals surface area contributed by atoms with Gasteiger partial charge in [-0.15, -0.1) is 0 Å². The van der Waals surface area contributed by atoms with Crippen molar-refractivity contribution < 1.29 is 14.3 Å². The minimum Gasteiger partial charge on any atom is -0.457 e. The van der Waals surface area contributed by atoms with Crippen molar-refractivity contribution in [3.63, 3.8) is 0 Å². The molecule has 7 rings (SSSR count). The van der Waals surface area contributed by atoms with Crippen molar-refractivity contribution in [1.82, 2.24) is 39.9 Å². The number of aromatic nitrogens is 6. The summed E-state index contributed by atoms with van der Waals surface area (Å²) in [5.41, 5.74) is 9.74. The van der Waals surface area contributed by atoms with Crippen molar-refractivity contribution in [2.24, 2.45) is 0 Å². The standard InChI is InChI=1S/C32H32N10O3/c33-29-27-28(21-6-8-24(9-7-21)45-23-4-2-1-3-5-23)40-42(30(27)37-19-36-29)22-12-14-41(15-13-22)18-20-16-34-32(35-17-20)38-25-10-11-26(43)39-31(25)44/h1-9,16-17,19,22,25H,10-15,18H2,(H2,33,36,37)(H,34,35,38)(H,39,43,44). The SMILES string of the molecule is Nc1ncnc2c1c(-c1ccc(Oc3ccccc3)cc1)nn2C1CCN(Cc2cnc(NC3CCC(=O)NC3=O)nc2)CC1. The van der Waals surface area contributed by atoms with E-state index in [2.05, 4.69) is 35.5 Å². The average molecular weight is 605 g/mol. The number of amides is 2. The highest BCUT2D eigenvalue weighted by atomic mass is 16.5. The molecule has 1 atom stereocenters. The van der Waals surface area contributed by atoms with Gasteiger partial charge in [0.05, 0.1) is 11.4 Å². The van der Waals surface area contributed by atoms with Gasteiger partial charge in [-0.05, 0) is 55.7 Å². The summed E-state index contributed by atoms with van der Waals surface area (Å²) in [5, 5.41) is 11.1. The number of hydrogen-bond donors (Lipinski definition) is 3. The summed E-state index contributed by atoms with van der Waals surface area (Å²) in [6.07, 6.45) is 7.54. The van der Waals surface area contributed by atoms with Crippen LogP contribution in [0.3, 0.4) is 0 Å². The third-order valence-electron chi connectivity index (χ3n) is 8.18. The van der Waals surface area contributed by atoms with Crippen LogP contribution in [0, 0.1) is 0 Å². The number of carbonyl (C=O) groups excluding carboxylic acids is 2. The Kier molecular flexibility index (Phi) is 7.74. The van der Waals surface area contributed by atoms with Crippen LogP contribution in [0.2, 0.25) is 0 Å². The number of nitrogens with zero attached hydrogens (tertiary/aromatic N) is 7. The smallest absolute Gasteiger partial charge is 0.249 e. The number of hydrogen-bond acceptors (Lipinski definition) is 11. The summed E-state index contributed by atoms with van der Waals surface area (Å²) >= 11 is 0. The summed E-state index contributed by atoms with van der Waals surface area (Å²) in [6.45, 7) is 2.44. The molecule has 2 aliphatic rings. The molecular weight excluding hydrogens is 572 g/mol. The number of nitrogens with one attached hydrogen (secondary N) is 2. The fourth-order valence-electron chi connectivity index (χ4n) is 5.84. The van der Waals surface area contributed by atoms with Crippen molar-refractivity contribution in [2.45, 2.75) is 44.3 Å². The maximum Gasteiger partial charge on any atom is 0.249 e. The van der Waals surface area contributed by atoms with Crippen LogP contribution in [0.4, 0.5) is 11.8 Å².